The number of benzene rings is 1. The summed E-state index contributed by atoms with van der Waals surface area (Å²) in [5.74, 6) is 0.323. The molecule has 0 N–H and O–H groups in total. The fraction of sp³-hybridized carbons (Fsp3) is 0.0714. The molecule has 0 radical (unpaired) electrons. The van der Waals surface area contributed by atoms with E-state index < -0.39 is 0 Å². The van der Waals surface area contributed by atoms with E-state index in [-0.39, 0.29) is 5.82 Å². The first-order valence-electron chi connectivity index (χ1n) is 5.59. The van der Waals surface area contributed by atoms with Gasteiger partial charge in [0.25, 0.3) is 0 Å². The molecule has 0 unspecified atom stereocenters. The third-order valence-electron chi connectivity index (χ3n) is 2.71. The van der Waals surface area contributed by atoms with Crippen molar-refractivity contribution in [3.63, 3.8) is 0 Å². The summed E-state index contributed by atoms with van der Waals surface area (Å²) in [6.45, 7) is 1.92. The van der Waals surface area contributed by atoms with Crippen LogP contribution in [0.2, 0.25) is 0 Å². The van der Waals surface area contributed by atoms with E-state index in [1.165, 1.54) is 10.7 Å². The van der Waals surface area contributed by atoms with Crippen molar-refractivity contribution in [2.24, 2.45) is 0 Å². The van der Waals surface area contributed by atoms with Crippen molar-refractivity contribution in [1.29, 1.82) is 0 Å². The Morgan fingerprint density at radius 2 is 2.17 bits per heavy atom. The van der Waals surface area contributed by atoms with Gasteiger partial charge in [-0.3, -0.25) is 0 Å². The zero-order chi connectivity index (χ0) is 12.5. The second-order valence-electron chi connectivity index (χ2n) is 4.11. The van der Waals surface area contributed by atoms with Crippen molar-refractivity contribution in [2.45, 2.75) is 6.92 Å². The molecule has 0 spiro atoms. The van der Waals surface area contributed by atoms with Gasteiger partial charge < -0.3 is 4.42 Å². The van der Waals surface area contributed by atoms with Crippen molar-refractivity contribution >= 4 is 0 Å². The highest BCUT2D eigenvalue weighted by Crippen LogP contribution is 2.23. The lowest BCUT2D eigenvalue weighted by Gasteiger charge is -2.04. The maximum absolute atomic E-state index is 14.0. The molecule has 0 atom stereocenters. The number of hydrogen-bond acceptors (Lipinski definition) is 2. The molecule has 3 aromatic rings. The summed E-state index contributed by atoms with van der Waals surface area (Å²) in [7, 11) is 0. The monoisotopic (exact) mass is 242 g/mol. The first-order valence-corrected chi connectivity index (χ1v) is 5.59. The second kappa shape index (κ2) is 4.14. The van der Waals surface area contributed by atoms with Gasteiger partial charge in [-0.05, 0) is 42.8 Å². The Morgan fingerprint density at radius 3 is 2.78 bits per heavy atom. The first kappa shape index (κ1) is 10.8. The fourth-order valence-corrected chi connectivity index (χ4v) is 1.83. The van der Waals surface area contributed by atoms with Crippen LogP contribution >= 0.6 is 0 Å². The molecular weight excluding hydrogens is 231 g/mol. The van der Waals surface area contributed by atoms with Gasteiger partial charge in [0.15, 0.2) is 0 Å². The van der Waals surface area contributed by atoms with Gasteiger partial charge in [-0.15, -0.1) is 0 Å². The molecule has 0 aliphatic carbocycles. The van der Waals surface area contributed by atoms with Crippen molar-refractivity contribution < 1.29 is 8.81 Å². The van der Waals surface area contributed by atoms with E-state index in [9.17, 15) is 4.39 Å². The molecule has 0 saturated carbocycles. The Hall–Kier alpha value is -2.36. The molecule has 4 heteroatoms. The molecule has 18 heavy (non-hydrogen) atoms. The second-order valence-corrected chi connectivity index (χ2v) is 4.11. The Kier molecular flexibility index (Phi) is 2.48. The molecule has 3 nitrogen and oxygen atoms in total. The van der Waals surface area contributed by atoms with Crippen molar-refractivity contribution in [1.82, 2.24) is 9.78 Å². The van der Waals surface area contributed by atoms with Gasteiger partial charge in [-0.2, -0.15) is 5.10 Å². The van der Waals surface area contributed by atoms with Crippen molar-refractivity contribution in [3.8, 4) is 17.0 Å². The maximum atomic E-state index is 14.0. The number of aromatic nitrogens is 2. The number of aryl methyl sites for hydroxylation is 1. The molecule has 3 rings (SSSR count). The van der Waals surface area contributed by atoms with Crippen LogP contribution in [-0.4, -0.2) is 9.78 Å². The molecule has 90 valence electrons. The molecule has 0 saturated heterocycles. The van der Waals surface area contributed by atoms with Crippen LogP contribution in [-0.2, 0) is 0 Å². The molecule has 2 aromatic heterocycles. The minimum atomic E-state index is -0.327. The van der Waals surface area contributed by atoms with Crippen LogP contribution in [0.4, 0.5) is 4.39 Å². The van der Waals surface area contributed by atoms with Gasteiger partial charge in [0, 0.05) is 11.8 Å². The highest BCUT2D eigenvalue weighted by molar-refractivity contribution is 5.59. The molecule has 2 heterocycles. The van der Waals surface area contributed by atoms with Gasteiger partial charge in [-0.25, -0.2) is 9.07 Å². The van der Waals surface area contributed by atoms with Gasteiger partial charge >= 0.3 is 0 Å². The molecule has 0 aliphatic rings. The largest absolute Gasteiger partial charge is 0.464 e. The fourth-order valence-electron chi connectivity index (χ4n) is 1.83. The van der Waals surface area contributed by atoms with E-state index >= 15 is 0 Å². The smallest absolute Gasteiger partial charge is 0.149 e. The Bertz CT molecular complexity index is 671. The summed E-state index contributed by atoms with van der Waals surface area (Å²) in [5, 5.41) is 4.09. The Labute approximate surface area is 103 Å². The minimum absolute atomic E-state index is 0.327. The highest BCUT2D eigenvalue weighted by atomic mass is 19.1. The average molecular weight is 242 g/mol. The summed E-state index contributed by atoms with van der Waals surface area (Å²) in [5.41, 5.74) is 2.13. The average Bonchev–Trinajstić information content (AvgIpc) is 2.99. The molecule has 0 amide bonds. The number of halogens is 1. The van der Waals surface area contributed by atoms with Gasteiger partial charge in [-0.1, -0.05) is 0 Å². The zero-order valence-electron chi connectivity index (χ0n) is 9.80. The lowest BCUT2D eigenvalue weighted by molar-refractivity contribution is 0.579. The quantitative estimate of drug-likeness (QED) is 0.687. The van der Waals surface area contributed by atoms with E-state index in [1.807, 2.05) is 13.0 Å². The highest BCUT2D eigenvalue weighted by Gasteiger charge is 2.09. The van der Waals surface area contributed by atoms with Crippen LogP contribution < -0.4 is 0 Å². The Balaban J connectivity index is 2.04. The summed E-state index contributed by atoms with van der Waals surface area (Å²) in [6, 6.07) is 8.53. The minimum Gasteiger partial charge on any atom is -0.464 e. The van der Waals surface area contributed by atoms with Gasteiger partial charge in [0.1, 0.15) is 17.3 Å². The lowest BCUT2D eigenvalue weighted by Crippen LogP contribution is -1.98. The Morgan fingerprint density at radius 1 is 1.28 bits per heavy atom. The van der Waals surface area contributed by atoms with Crippen LogP contribution in [0.1, 0.15) is 5.56 Å². The van der Waals surface area contributed by atoms with Gasteiger partial charge in [0.05, 0.1) is 12.5 Å². The third kappa shape index (κ3) is 1.82. The SMILES string of the molecule is Cc1cnn(-c2ccc(-c3ccco3)cc2F)c1. The van der Waals surface area contributed by atoms with Crippen LogP contribution in [0.5, 0.6) is 0 Å². The maximum Gasteiger partial charge on any atom is 0.149 e. The van der Waals surface area contributed by atoms with Crippen molar-refractivity contribution in [2.75, 3.05) is 0 Å². The van der Waals surface area contributed by atoms with Crippen molar-refractivity contribution in [3.05, 3.63) is 60.4 Å². The number of nitrogens with zero attached hydrogens (tertiary/aromatic N) is 2. The van der Waals surface area contributed by atoms with Crippen LogP contribution in [0.15, 0.2) is 53.4 Å². The summed E-state index contributed by atoms with van der Waals surface area (Å²) >= 11 is 0. The topological polar surface area (TPSA) is 31.0 Å². The zero-order valence-corrected chi connectivity index (χ0v) is 9.80. The van der Waals surface area contributed by atoms with Gasteiger partial charge in [0.2, 0.25) is 0 Å². The van der Waals surface area contributed by atoms with Crippen LogP contribution in [0.3, 0.4) is 0 Å². The van der Waals surface area contributed by atoms with E-state index in [4.69, 9.17) is 4.42 Å². The molecule has 0 fully saturated rings. The molecule has 0 bridgehead atoms. The molecular formula is C14H11FN2O. The van der Waals surface area contributed by atoms with Crippen LogP contribution in [0, 0.1) is 12.7 Å². The third-order valence-corrected chi connectivity index (χ3v) is 2.71. The van der Waals surface area contributed by atoms with E-state index in [0.29, 0.717) is 17.0 Å². The molecule has 0 aliphatic heterocycles. The number of hydrogen-bond donors (Lipinski definition) is 0. The number of furan rings is 1. The predicted molar refractivity (Wildman–Crippen MR) is 66.0 cm³/mol. The summed E-state index contributed by atoms with van der Waals surface area (Å²) < 4.78 is 20.8. The van der Waals surface area contributed by atoms with E-state index in [2.05, 4.69) is 5.10 Å². The number of rotatable bonds is 2. The normalized spacial score (nSPS) is 10.8. The predicted octanol–water partition coefficient (Wildman–Crippen LogP) is 3.58. The summed E-state index contributed by atoms with van der Waals surface area (Å²) in [4.78, 5) is 0. The standard InChI is InChI=1S/C14H11FN2O/c1-10-8-16-17(9-10)13-5-4-11(7-12(13)15)14-3-2-6-18-14/h2-9H,1H3. The lowest BCUT2D eigenvalue weighted by atomic mass is 10.1. The van der Waals surface area contributed by atoms with Crippen LogP contribution in [0.25, 0.3) is 17.0 Å². The first-order chi connectivity index (χ1) is 8.74. The molecule has 1 aromatic carbocycles. The summed E-state index contributed by atoms with van der Waals surface area (Å²) in [6.07, 6.45) is 5.04. The van der Waals surface area contributed by atoms with E-state index in [0.717, 1.165) is 5.56 Å². The van der Waals surface area contributed by atoms with E-state index in [1.54, 1.807) is 36.9 Å².